The minimum Gasteiger partial charge on any atom is -0.244 e. The van der Waals surface area contributed by atoms with E-state index in [9.17, 15) is 0 Å². The Labute approximate surface area is 240 Å². The lowest BCUT2D eigenvalue weighted by atomic mass is 10.2. The zero-order valence-corrected chi connectivity index (χ0v) is 23.1. The topological polar surface area (TPSA) is 51.6 Å². The fourth-order valence-corrected chi connectivity index (χ4v) is 9.72. The van der Waals surface area contributed by atoms with Gasteiger partial charge in [0.15, 0.2) is 8.07 Å². The van der Waals surface area contributed by atoms with Crippen LogP contribution < -0.4 is 20.7 Å². The summed E-state index contributed by atoms with van der Waals surface area (Å²) in [4.78, 5) is 16.2. The van der Waals surface area contributed by atoms with Gasteiger partial charge in [-0.05, 0) is 45.0 Å². The summed E-state index contributed by atoms with van der Waals surface area (Å²) in [7, 11) is -2.66. The number of hydrogen-bond donors (Lipinski definition) is 0. The van der Waals surface area contributed by atoms with E-state index in [1.54, 1.807) is 24.8 Å². The number of aromatic nitrogens is 4. The second-order valence-corrected chi connectivity index (χ2v) is 13.2. The molecule has 0 atom stereocenters. The fraction of sp³-hybridized carbons (Fsp3) is 0. The molecule has 0 aliphatic rings. The van der Waals surface area contributed by atoms with E-state index < -0.39 is 8.07 Å². The molecule has 5 heteroatoms. The molecule has 0 amide bonds. The van der Waals surface area contributed by atoms with Crippen LogP contribution in [0, 0.1) is 23.7 Å². The molecular weight excluding hydrogens is 517 g/mol. The molecule has 0 fully saturated rings. The van der Waals surface area contributed by atoms with Gasteiger partial charge in [-0.3, -0.25) is 0 Å². The van der Waals surface area contributed by atoms with Crippen molar-refractivity contribution in [3.8, 4) is 23.7 Å². The van der Waals surface area contributed by atoms with Gasteiger partial charge in [0.1, 0.15) is 12.7 Å². The predicted molar refractivity (Wildman–Crippen MR) is 166 cm³/mol. The van der Waals surface area contributed by atoms with Gasteiger partial charge in [-0.1, -0.05) is 109 Å². The van der Waals surface area contributed by atoms with E-state index in [1.165, 1.54) is 33.4 Å². The maximum absolute atomic E-state index is 4.06. The molecule has 0 saturated heterocycles. The second-order valence-electron chi connectivity index (χ2n) is 9.39. The average Bonchev–Trinajstić information content (AvgIpc) is 3.06. The van der Waals surface area contributed by atoms with Gasteiger partial charge < -0.3 is 0 Å². The first-order valence-corrected chi connectivity index (χ1v) is 15.2. The van der Waals surface area contributed by atoms with Crippen LogP contribution >= 0.6 is 0 Å². The second kappa shape index (κ2) is 12.0. The molecule has 6 aromatic rings. The van der Waals surface area contributed by atoms with Gasteiger partial charge in [0.05, 0.1) is 11.1 Å². The maximum Gasteiger partial charge on any atom is 0.179 e. The van der Waals surface area contributed by atoms with E-state index in [4.69, 9.17) is 0 Å². The Morgan fingerprint density at radius 1 is 0.341 bits per heavy atom. The number of nitrogens with zero attached hydrogens (tertiary/aromatic N) is 4. The van der Waals surface area contributed by atoms with E-state index in [0.29, 0.717) is 0 Å². The molecule has 0 bridgehead atoms. The Balaban J connectivity index is 1.47. The lowest BCUT2D eigenvalue weighted by Crippen LogP contribution is -2.74. The van der Waals surface area contributed by atoms with Crippen LogP contribution in [0.25, 0.3) is 0 Å². The minimum absolute atomic E-state index is 0.789. The lowest BCUT2D eigenvalue weighted by Gasteiger charge is -2.34. The van der Waals surface area contributed by atoms with Crippen molar-refractivity contribution in [2.24, 2.45) is 0 Å². The fourth-order valence-electron chi connectivity index (χ4n) is 5.00. The Morgan fingerprint density at radius 2 is 0.659 bits per heavy atom. The first kappa shape index (κ1) is 25.6. The molecule has 0 unspecified atom stereocenters. The molecule has 0 N–H and O–H groups in total. The zero-order valence-electron chi connectivity index (χ0n) is 22.1. The van der Waals surface area contributed by atoms with Gasteiger partial charge in [-0.15, -0.1) is 0 Å². The van der Waals surface area contributed by atoms with Crippen LogP contribution in [0.15, 0.2) is 147 Å². The number of benzene rings is 4. The van der Waals surface area contributed by atoms with E-state index >= 15 is 0 Å². The molecule has 0 aliphatic heterocycles. The first-order chi connectivity index (χ1) is 20.3. The molecule has 4 nitrogen and oxygen atoms in total. The summed E-state index contributed by atoms with van der Waals surface area (Å²) in [6, 6.07) is 39.1. The van der Waals surface area contributed by atoms with Crippen molar-refractivity contribution in [2.75, 3.05) is 0 Å². The third-order valence-electron chi connectivity index (χ3n) is 6.87. The Hall–Kier alpha value is -5.62. The zero-order chi connectivity index (χ0) is 27.7. The summed E-state index contributed by atoms with van der Waals surface area (Å²) in [5.74, 6) is 12.8. The predicted octanol–water partition coefficient (Wildman–Crippen LogP) is 3.44. The third-order valence-corrected chi connectivity index (χ3v) is 11.7. The van der Waals surface area contributed by atoms with Crippen LogP contribution in [0.2, 0.25) is 0 Å². The number of hydrogen-bond acceptors (Lipinski definition) is 4. The van der Waals surface area contributed by atoms with Crippen molar-refractivity contribution in [3.05, 3.63) is 169 Å². The van der Waals surface area contributed by atoms with E-state index in [1.807, 2.05) is 0 Å². The van der Waals surface area contributed by atoms with Crippen LogP contribution in [0.5, 0.6) is 0 Å². The highest BCUT2D eigenvalue weighted by atomic mass is 28.3. The number of rotatable bonds is 4. The van der Waals surface area contributed by atoms with Crippen molar-refractivity contribution >= 4 is 28.8 Å². The summed E-state index contributed by atoms with van der Waals surface area (Å²) in [6.45, 7) is 0. The average molecular weight is 541 g/mol. The summed E-state index contributed by atoms with van der Waals surface area (Å²) in [6.07, 6.45) is 9.90. The van der Waals surface area contributed by atoms with Crippen LogP contribution in [0.3, 0.4) is 0 Å². The third kappa shape index (κ3) is 5.58. The molecule has 4 aromatic carbocycles. The van der Waals surface area contributed by atoms with Crippen molar-refractivity contribution in [2.45, 2.75) is 0 Å². The van der Waals surface area contributed by atoms with Crippen LogP contribution in [0.4, 0.5) is 0 Å². The molecule has 2 aromatic heterocycles. The summed E-state index contributed by atoms with van der Waals surface area (Å²) >= 11 is 0. The summed E-state index contributed by atoms with van der Waals surface area (Å²) < 4.78 is 0. The molecule has 0 radical (unpaired) electrons. The highest BCUT2D eigenvalue weighted by Crippen LogP contribution is 2.11. The van der Waals surface area contributed by atoms with Gasteiger partial charge in [0, 0.05) is 35.9 Å². The largest absolute Gasteiger partial charge is 0.244 e. The van der Waals surface area contributed by atoms with Gasteiger partial charge in [0.2, 0.25) is 0 Å². The normalized spacial score (nSPS) is 10.5. The Bertz CT molecular complexity index is 1710. The van der Waals surface area contributed by atoms with Gasteiger partial charge in [-0.25, -0.2) is 19.9 Å². The highest BCUT2D eigenvalue weighted by molar-refractivity contribution is 7.19. The first-order valence-electron chi connectivity index (χ1n) is 13.2. The van der Waals surface area contributed by atoms with Crippen molar-refractivity contribution in [1.29, 1.82) is 0 Å². The molecule has 41 heavy (non-hydrogen) atoms. The monoisotopic (exact) mass is 540 g/mol. The minimum atomic E-state index is -2.66. The quantitative estimate of drug-likeness (QED) is 0.195. The molecule has 0 aliphatic carbocycles. The standard InChI is InChI=1S/C36H24N4Si/c1-3-7-33(8-4-1)41(34-9-5-2-6-10-34,35-19-15-29(16-20-35)11-13-31-23-37-27-38-24-31)36-21-17-30(18-22-36)12-14-32-25-39-28-40-26-32/h1-10,15-28H. The summed E-state index contributed by atoms with van der Waals surface area (Å²) in [5, 5.41) is 5.19. The van der Waals surface area contributed by atoms with Gasteiger partial charge >= 0.3 is 0 Å². The smallest absolute Gasteiger partial charge is 0.179 e. The van der Waals surface area contributed by atoms with E-state index in [0.717, 1.165) is 22.3 Å². The van der Waals surface area contributed by atoms with Gasteiger partial charge in [-0.2, -0.15) is 0 Å². The maximum atomic E-state index is 4.06. The van der Waals surface area contributed by atoms with Crippen LogP contribution in [-0.4, -0.2) is 28.0 Å². The summed E-state index contributed by atoms with van der Waals surface area (Å²) in [5.41, 5.74) is 3.46. The van der Waals surface area contributed by atoms with Crippen LogP contribution in [0.1, 0.15) is 22.3 Å². The highest BCUT2D eigenvalue weighted by Gasteiger charge is 2.41. The van der Waals surface area contributed by atoms with Gasteiger partial charge in [0.25, 0.3) is 0 Å². The lowest BCUT2D eigenvalue weighted by molar-refractivity contribution is 1.16. The molecular formula is C36H24N4Si. The Kier molecular flexibility index (Phi) is 7.54. The van der Waals surface area contributed by atoms with Crippen LogP contribution in [-0.2, 0) is 0 Å². The van der Waals surface area contributed by atoms with Crippen molar-refractivity contribution in [3.63, 3.8) is 0 Å². The van der Waals surface area contributed by atoms with Crippen molar-refractivity contribution < 1.29 is 0 Å². The molecule has 0 saturated carbocycles. The Morgan fingerprint density at radius 3 is 1.02 bits per heavy atom. The molecule has 2 heterocycles. The van der Waals surface area contributed by atoms with Crippen molar-refractivity contribution in [1.82, 2.24) is 19.9 Å². The molecule has 0 spiro atoms. The van der Waals surface area contributed by atoms with E-state index in [2.05, 4.69) is 153 Å². The van der Waals surface area contributed by atoms with E-state index in [-0.39, 0.29) is 0 Å². The molecule has 6 rings (SSSR count). The SMILES string of the molecule is C(#Cc1cncnc1)c1ccc([Si](c2ccccc2)(c2ccccc2)c2ccc(C#Cc3cncnc3)cc2)cc1. The molecule has 192 valence electrons.